The van der Waals surface area contributed by atoms with E-state index in [4.69, 9.17) is 19.9 Å². The maximum Gasteiger partial charge on any atom is 0.259 e. The van der Waals surface area contributed by atoms with Crippen LogP contribution in [-0.4, -0.2) is 88.1 Å². The summed E-state index contributed by atoms with van der Waals surface area (Å²) < 4.78 is 17.6. The number of carbonyl (C=O) groups excluding carboxylic acids is 3. The minimum atomic E-state index is -0.374. The number of nitrogens with two attached hydrogens (primary N) is 1. The molecule has 5 rings (SSSR count). The number of hydrogen-bond acceptors (Lipinski definition) is 8. The third-order valence-electron chi connectivity index (χ3n) is 9.29. The Balaban J connectivity index is 0.00000392. The molecule has 13 heteroatoms. The average Bonchev–Trinajstić information content (AvgIpc) is 3.17. The summed E-state index contributed by atoms with van der Waals surface area (Å²) in [5.41, 5.74) is 9.84. The smallest absolute Gasteiger partial charge is 0.259 e. The molecular weight excluding hydrogens is 729 g/mol. The highest BCUT2D eigenvalue weighted by Gasteiger charge is 2.25. The van der Waals surface area contributed by atoms with Gasteiger partial charge in [0.1, 0.15) is 23.9 Å². The summed E-state index contributed by atoms with van der Waals surface area (Å²) >= 11 is 0. The van der Waals surface area contributed by atoms with E-state index in [-0.39, 0.29) is 49.1 Å². The summed E-state index contributed by atoms with van der Waals surface area (Å²) in [5, 5.41) is 2.88. The van der Waals surface area contributed by atoms with Crippen molar-refractivity contribution in [3.63, 3.8) is 0 Å². The van der Waals surface area contributed by atoms with Crippen LogP contribution in [0.1, 0.15) is 61.5 Å². The Morgan fingerprint density at radius 3 is 2.19 bits per heavy atom. The first-order valence-electron chi connectivity index (χ1n) is 17.6. The molecule has 0 aromatic heterocycles. The quantitative estimate of drug-likeness (QED) is 0.133. The maximum atomic E-state index is 13.8. The van der Waals surface area contributed by atoms with Crippen molar-refractivity contribution in [3.8, 4) is 17.2 Å². The van der Waals surface area contributed by atoms with Gasteiger partial charge in [0.05, 0.1) is 30.7 Å². The summed E-state index contributed by atoms with van der Waals surface area (Å²) in [6.07, 6.45) is 2.61. The molecule has 3 amide bonds. The average molecular weight is 781 g/mol. The van der Waals surface area contributed by atoms with Crippen LogP contribution >= 0.6 is 24.8 Å². The van der Waals surface area contributed by atoms with Gasteiger partial charge in [0, 0.05) is 37.3 Å². The Labute approximate surface area is 330 Å². The molecule has 11 nitrogen and oxygen atoms in total. The molecule has 1 fully saturated rings. The molecule has 0 saturated carbocycles. The van der Waals surface area contributed by atoms with Gasteiger partial charge in [0.15, 0.2) is 0 Å². The van der Waals surface area contributed by atoms with Gasteiger partial charge in [0.2, 0.25) is 0 Å². The first-order chi connectivity index (χ1) is 25.1. The van der Waals surface area contributed by atoms with Crippen molar-refractivity contribution in [1.82, 2.24) is 9.80 Å². The van der Waals surface area contributed by atoms with Gasteiger partial charge in [-0.3, -0.25) is 14.4 Å². The second kappa shape index (κ2) is 20.6. The Morgan fingerprint density at radius 1 is 0.833 bits per heavy atom. The monoisotopic (exact) mass is 779 g/mol. The SMILES string of the molecule is COc1cc(C(=O)N(C)c2ccc(C)cc2OCc2ccc(C(=O)N3CCC(N(C)C)CC3)cc2)ccc1NC(=O)c1ccccc1OCCCN.Cl.Cl. The number of benzene rings is 4. The minimum absolute atomic E-state index is 0. The van der Waals surface area contributed by atoms with Crippen molar-refractivity contribution in [3.05, 3.63) is 113 Å². The lowest BCUT2D eigenvalue weighted by atomic mass is 10.0. The van der Waals surface area contributed by atoms with Gasteiger partial charge in [-0.1, -0.05) is 30.3 Å². The van der Waals surface area contributed by atoms with Crippen LogP contribution in [-0.2, 0) is 6.61 Å². The van der Waals surface area contributed by atoms with E-state index in [0.29, 0.717) is 70.9 Å². The molecule has 4 aromatic rings. The number of ether oxygens (including phenoxy) is 3. The number of para-hydroxylation sites is 1. The predicted octanol–water partition coefficient (Wildman–Crippen LogP) is 6.85. The fraction of sp³-hybridized carbons (Fsp3) is 0.341. The van der Waals surface area contributed by atoms with Gasteiger partial charge in [-0.15, -0.1) is 24.8 Å². The Bertz CT molecular complexity index is 1870. The molecule has 1 aliphatic heterocycles. The van der Waals surface area contributed by atoms with Crippen LogP contribution in [0.15, 0.2) is 84.9 Å². The van der Waals surface area contributed by atoms with Gasteiger partial charge >= 0.3 is 0 Å². The number of hydrogen-bond donors (Lipinski definition) is 2. The Hall–Kier alpha value is -4.81. The molecule has 54 heavy (non-hydrogen) atoms. The summed E-state index contributed by atoms with van der Waals surface area (Å²) in [6.45, 7) is 4.61. The predicted molar refractivity (Wildman–Crippen MR) is 218 cm³/mol. The van der Waals surface area contributed by atoms with E-state index in [2.05, 4.69) is 24.3 Å². The third-order valence-corrected chi connectivity index (χ3v) is 9.29. The highest BCUT2D eigenvalue weighted by atomic mass is 35.5. The fourth-order valence-corrected chi connectivity index (χ4v) is 6.15. The highest BCUT2D eigenvalue weighted by Crippen LogP contribution is 2.33. The largest absolute Gasteiger partial charge is 0.495 e. The van der Waals surface area contributed by atoms with Crippen LogP contribution in [0.2, 0.25) is 0 Å². The van der Waals surface area contributed by atoms with E-state index in [1.807, 2.05) is 54.3 Å². The van der Waals surface area contributed by atoms with Crippen LogP contribution in [0, 0.1) is 6.92 Å². The number of piperidine rings is 1. The first-order valence-corrected chi connectivity index (χ1v) is 17.6. The van der Waals surface area contributed by atoms with Crippen molar-refractivity contribution in [2.45, 2.75) is 38.8 Å². The number of methoxy groups -OCH3 is 1. The number of likely N-dealkylation sites (tertiary alicyclic amines) is 1. The summed E-state index contributed by atoms with van der Waals surface area (Å²) in [4.78, 5) is 45.8. The molecule has 1 heterocycles. The lowest BCUT2D eigenvalue weighted by Gasteiger charge is -2.35. The summed E-state index contributed by atoms with van der Waals surface area (Å²) in [7, 11) is 7.34. The second-order valence-corrected chi connectivity index (χ2v) is 13.2. The minimum Gasteiger partial charge on any atom is -0.495 e. The normalized spacial score (nSPS) is 12.6. The van der Waals surface area contributed by atoms with Crippen LogP contribution in [0.5, 0.6) is 17.2 Å². The first kappa shape index (κ1) is 43.6. The summed E-state index contributed by atoms with van der Waals surface area (Å²) in [5.74, 6) is 0.710. The molecule has 290 valence electrons. The van der Waals surface area contributed by atoms with Gasteiger partial charge in [0.25, 0.3) is 17.7 Å². The number of nitrogens with zero attached hydrogens (tertiary/aromatic N) is 3. The van der Waals surface area contributed by atoms with Gasteiger partial charge in [-0.05, 0) is 113 Å². The molecule has 0 radical (unpaired) electrons. The molecule has 0 bridgehead atoms. The van der Waals surface area contributed by atoms with E-state index in [0.717, 1.165) is 37.1 Å². The van der Waals surface area contributed by atoms with Crippen LogP contribution in [0.25, 0.3) is 0 Å². The van der Waals surface area contributed by atoms with Crippen molar-refractivity contribution < 1.29 is 28.6 Å². The van der Waals surface area contributed by atoms with Crippen molar-refractivity contribution >= 4 is 53.9 Å². The summed E-state index contributed by atoms with van der Waals surface area (Å²) in [6, 6.07) is 25.5. The maximum absolute atomic E-state index is 13.8. The number of halogens is 2. The Morgan fingerprint density at radius 2 is 1.52 bits per heavy atom. The molecule has 0 aliphatic carbocycles. The van der Waals surface area contributed by atoms with Crippen LogP contribution < -0.4 is 30.2 Å². The number of rotatable bonds is 14. The zero-order valence-corrected chi connectivity index (χ0v) is 33.1. The van der Waals surface area contributed by atoms with Gasteiger partial charge < -0.3 is 40.0 Å². The van der Waals surface area contributed by atoms with Gasteiger partial charge in [-0.25, -0.2) is 0 Å². The van der Waals surface area contributed by atoms with E-state index < -0.39 is 0 Å². The second-order valence-electron chi connectivity index (χ2n) is 13.2. The molecule has 0 unspecified atom stereocenters. The standard InChI is InChI=1S/C41H49N5O6.2ClH/c1-28-11-18-35(38(25-28)52-27-29-12-14-30(15-13-29)41(49)46-22-19-32(20-23-46)44(2)3)45(4)40(48)31-16-17-34(37(26-31)50-5)43-39(47)33-9-6-7-10-36(33)51-24-8-21-42;;/h6-7,9-18,25-26,32H,8,19-24,27,42H2,1-5H3,(H,43,47);2*1H. The molecule has 0 atom stereocenters. The number of carbonyl (C=O) groups is 3. The van der Waals surface area contributed by atoms with Gasteiger partial charge in [-0.2, -0.15) is 0 Å². The molecule has 1 saturated heterocycles. The molecule has 1 aliphatic rings. The number of anilines is 2. The lowest BCUT2D eigenvalue weighted by molar-refractivity contribution is 0.0663. The molecule has 4 aromatic carbocycles. The lowest BCUT2D eigenvalue weighted by Crippen LogP contribution is -2.44. The van der Waals surface area contributed by atoms with E-state index in [9.17, 15) is 14.4 Å². The highest BCUT2D eigenvalue weighted by molar-refractivity contribution is 6.09. The molecule has 0 spiro atoms. The fourth-order valence-electron chi connectivity index (χ4n) is 6.15. The number of amides is 3. The van der Waals surface area contributed by atoms with E-state index in [1.165, 1.54) is 12.0 Å². The molecule has 3 N–H and O–H groups in total. The van der Waals surface area contributed by atoms with Crippen LogP contribution in [0.4, 0.5) is 11.4 Å². The molecular formula is C41H51Cl2N5O6. The Kier molecular flexibility index (Phi) is 16.6. The third kappa shape index (κ3) is 10.9. The topological polar surface area (TPSA) is 127 Å². The zero-order chi connectivity index (χ0) is 37.2. The van der Waals surface area contributed by atoms with Crippen molar-refractivity contribution in [2.75, 3.05) is 64.7 Å². The van der Waals surface area contributed by atoms with E-state index >= 15 is 0 Å². The van der Waals surface area contributed by atoms with Crippen molar-refractivity contribution in [2.24, 2.45) is 5.73 Å². The zero-order valence-electron chi connectivity index (χ0n) is 31.5. The number of nitrogens with one attached hydrogen (secondary N) is 1. The van der Waals surface area contributed by atoms with Crippen molar-refractivity contribution in [1.29, 1.82) is 0 Å². The van der Waals surface area contributed by atoms with Crippen LogP contribution in [0.3, 0.4) is 0 Å². The van der Waals surface area contributed by atoms with E-state index in [1.54, 1.807) is 49.5 Å². The number of aryl methyl sites for hydroxylation is 1.